The van der Waals surface area contributed by atoms with Crippen molar-refractivity contribution in [3.8, 4) is 0 Å². The van der Waals surface area contributed by atoms with E-state index in [4.69, 9.17) is 0 Å². The molecule has 1 saturated heterocycles. The van der Waals surface area contributed by atoms with Gasteiger partial charge in [0, 0.05) is 25.0 Å². The Kier molecular flexibility index (Phi) is 4.07. The molecule has 1 atom stereocenters. The molecule has 2 heterocycles. The van der Waals surface area contributed by atoms with Crippen LogP contribution in [0.5, 0.6) is 0 Å². The number of aliphatic hydroxyl groups is 1. The summed E-state index contributed by atoms with van der Waals surface area (Å²) >= 11 is 0. The Labute approximate surface area is 110 Å². The second-order valence-electron chi connectivity index (χ2n) is 5.85. The molecular formula is C14H25N3O. The third-order valence-corrected chi connectivity index (χ3v) is 4.19. The largest absolute Gasteiger partial charge is 0.383 e. The lowest BCUT2D eigenvalue weighted by atomic mass is 9.93. The summed E-state index contributed by atoms with van der Waals surface area (Å²) in [6.07, 6.45) is 8.17. The van der Waals surface area contributed by atoms with Gasteiger partial charge in [0.2, 0.25) is 0 Å². The van der Waals surface area contributed by atoms with E-state index in [1.165, 1.54) is 25.7 Å². The van der Waals surface area contributed by atoms with Crippen molar-refractivity contribution in [1.29, 1.82) is 0 Å². The maximum Gasteiger partial charge on any atom is 0.139 e. The van der Waals surface area contributed by atoms with E-state index in [2.05, 4.69) is 23.7 Å². The first-order valence-corrected chi connectivity index (χ1v) is 6.94. The highest BCUT2D eigenvalue weighted by atomic mass is 16.3. The van der Waals surface area contributed by atoms with Gasteiger partial charge in [-0.2, -0.15) is 0 Å². The molecule has 0 amide bonds. The summed E-state index contributed by atoms with van der Waals surface area (Å²) in [5.41, 5.74) is -0.260. The number of aryl methyl sites for hydroxylation is 1. The van der Waals surface area contributed by atoms with E-state index in [0.29, 0.717) is 0 Å². The molecule has 0 saturated carbocycles. The first kappa shape index (κ1) is 13.6. The molecule has 1 aliphatic rings. The summed E-state index contributed by atoms with van der Waals surface area (Å²) in [6.45, 7) is 6.40. The maximum atomic E-state index is 10.6. The predicted molar refractivity (Wildman–Crippen MR) is 72.3 cm³/mol. The molecule has 1 aromatic heterocycles. The van der Waals surface area contributed by atoms with Gasteiger partial charge >= 0.3 is 0 Å². The van der Waals surface area contributed by atoms with Crippen LogP contribution in [0.1, 0.15) is 51.5 Å². The number of likely N-dealkylation sites (tertiary alicyclic amines) is 1. The number of aliphatic hydroxyl groups excluding tert-OH is 1. The fraction of sp³-hybridized carbons (Fsp3) is 0.786. The molecule has 18 heavy (non-hydrogen) atoms. The van der Waals surface area contributed by atoms with Crippen molar-refractivity contribution >= 4 is 0 Å². The summed E-state index contributed by atoms with van der Waals surface area (Å²) < 4.78 is 1.91. The number of aromatic nitrogens is 2. The molecule has 1 N–H and O–H groups in total. The van der Waals surface area contributed by atoms with Gasteiger partial charge in [0.25, 0.3) is 0 Å². The molecule has 1 unspecified atom stereocenters. The van der Waals surface area contributed by atoms with Crippen LogP contribution in [0.2, 0.25) is 0 Å². The Hall–Kier alpha value is -0.870. The van der Waals surface area contributed by atoms with Crippen LogP contribution in [0, 0.1) is 0 Å². The Morgan fingerprint density at radius 1 is 1.22 bits per heavy atom. The first-order chi connectivity index (χ1) is 8.53. The van der Waals surface area contributed by atoms with Gasteiger partial charge in [0.15, 0.2) is 0 Å². The zero-order valence-electron chi connectivity index (χ0n) is 11.8. The fourth-order valence-electron chi connectivity index (χ4n) is 2.78. The Bertz CT molecular complexity index is 378. The minimum atomic E-state index is -0.546. The van der Waals surface area contributed by atoms with Crippen LogP contribution in [0.4, 0.5) is 0 Å². The van der Waals surface area contributed by atoms with Crippen LogP contribution in [0.25, 0.3) is 0 Å². The molecular weight excluding hydrogens is 226 g/mol. The van der Waals surface area contributed by atoms with Gasteiger partial charge in [-0.3, -0.25) is 4.90 Å². The van der Waals surface area contributed by atoms with E-state index in [1.807, 2.05) is 17.8 Å². The van der Waals surface area contributed by atoms with Crippen LogP contribution in [-0.2, 0) is 7.05 Å². The molecule has 0 radical (unpaired) electrons. The van der Waals surface area contributed by atoms with Gasteiger partial charge < -0.3 is 9.67 Å². The summed E-state index contributed by atoms with van der Waals surface area (Å²) in [4.78, 5) is 6.70. The molecule has 1 fully saturated rings. The van der Waals surface area contributed by atoms with Crippen LogP contribution < -0.4 is 0 Å². The van der Waals surface area contributed by atoms with Crippen molar-refractivity contribution < 1.29 is 5.11 Å². The van der Waals surface area contributed by atoms with Gasteiger partial charge in [0.1, 0.15) is 11.9 Å². The second kappa shape index (κ2) is 5.41. The van der Waals surface area contributed by atoms with Gasteiger partial charge in [-0.25, -0.2) is 4.98 Å². The molecule has 102 valence electrons. The van der Waals surface area contributed by atoms with Crippen molar-refractivity contribution in [2.75, 3.05) is 13.1 Å². The highest BCUT2D eigenvalue weighted by Crippen LogP contribution is 2.31. The molecule has 4 nitrogen and oxygen atoms in total. The van der Waals surface area contributed by atoms with Gasteiger partial charge in [0.05, 0.1) is 0 Å². The van der Waals surface area contributed by atoms with E-state index in [9.17, 15) is 5.11 Å². The Morgan fingerprint density at radius 2 is 1.83 bits per heavy atom. The molecule has 0 spiro atoms. The molecule has 0 aliphatic carbocycles. The zero-order chi connectivity index (χ0) is 13.2. The van der Waals surface area contributed by atoms with E-state index >= 15 is 0 Å². The van der Waals surface area contributed by atoms with Crippen molar-refractivity contribution in [2.24, 2.45) is 7.05 Å². The molecule has 2 rings (SSSR count). The van der Waals surface area contributed by atoms with Crippen LogP contribution in [0.3, 0.4) is 0 Å². The Morgan fingerprint density at radius 3 is 2.33 bits per heavy atom. The lowest BCUT2D eigenvalue weighted by Gasteiger charge is -2.41. The molecule has 0 bridgehead atoms. The SMILES string of the molecule is Cn1ccnc1C(O)C(C)(C)N1CCCCCC1. The zero-order valence-corrected chi connectivity index (χ0v) is 11.8. The van der Waals surface area contributed by atoms with E-state index < -0.39 is 6.10 Å². The summed E-state index contributed by atoms with van der Waals surface area (Å²) in [6, 6.07) is 0. The van der Waals surface area contributed by atoms with E-state index in [1.54, 1.807) is 6.20 Å². The predicted octanol–water partition coefficient (Wildman–Crippen LogP) is 2.11. The van der Waals surface area contributed by atoms with Gasteiger partial charge in [-0.1, -0.05) is 12.8 Å². The average molecular weight is 251 g/mol. The fourth-order valence-corrected chi connectivity index (χ4v) is 2.78. The van der Waals surface area contributed by atoms with Crippen LogP contribution in [0.15, 0.2) is 12.4 Å². The molecule has 1 aromatic rings. The molecule has 0 aromatic carbocycles. The number of rotatable bonds is 3. The number of imidazole rings is 1. The van der Waals surface area contributed by atoms with E-state index in [0.717, 1.165) is 18.9 Å². The van der Waals surface area contributed by atoms with Crippen molar-refractivity contribution in [1.82, 2.24) is 14.5 Å². The second-order valence-corrected chi connectivity index (χ2v) is 5.85. The minimum absolute atomic E-state index is 0.260. The number of hydrogen-bond acceptors (Lipinski definition) is 3. The summed E-state index contributed by atoms with van der Waals surface area (Å²) in [5, 5.41) is 10.6. The number of nitrogens with zero attached hydrogens (tertiary/aromatic N) is 3. The quantitative estimate of drug-likeness (QED) is 0.894. The maximum absolute atomic E-state index is 10.6. The average Bonchev–Trinajstić information content (AvgIpc) is 2.61. The normalized spacial score (nSPS) is 20.7. The summed E-state index contributed by atoms with van der Waals surface area (Å²) in [5.74, 6) is 0.754. The van der Waals surface area contributed by atoms with Crippen molar-refractivity contribution in [3.63, 3.8) is 0 Å². The lowest BCUT2D eigenvalue weighted by molar-refractivity contribution is -0.0161. The van der Waals surface area contributed by atoms with Crippen molar-refractivity contribution in [2.45, 2.75) is 51.2 Å². The van der Waals surface area contributed by atoms with Gasteiger partial charge in [-0.05, 0) is 39.8 Å². The smallest absolute Gasteiger partial charge is 0.139 e. The number of hydrogen-bond donors (Lipinski definition) is 1. The highest BCUT2D eigenvalue weighted by molar-refractivity contribution is 5.04. The van der Waals surface area contributed by atoms with Gasteiger partial charge in [-0.15, -0.1) is 0 Å². The first-order valence-electron chi connectivity index (χ1n) is 6.94. The van der Waals surface area contributed by atoms with Crippen LogP contribution >= 0.6 is 0 Å². The monoisotopic (exact) mass is 251 g/mol. The highest BCUT2D eigenvalue weighted by Gasteiger charge is 2.37. The third kappa shape index (κ3) is 2.59. The minimum Gasteiger partial charge on any atom is -0.383 e. The Balaban J connectivity index is 2.16. The topological polar surface area (TPSA) is 41.3 Å². The van der Waals surface area contributed by atoms with Crippen molar-refractivity contribution in [3.05, 3.63) is 18.2 Å². The van der Waals surface area contributed by atoms with E-state index in [-0.39, 0.29) is 5.54 Å². The molecule has 1 aliphatic heterocycles. The third-order valence-electron chi connectivity index (χ3n) is 4.19. The standard InChI is InChI=1S/C14H25N3O/c1-14(2,17-9-6-4-5-7-10-17)12(18)13-15-8-11-16(13)3/h8,11-12,18H,4-7,9-10H2,1-3H3. The lowest BCUT2D eigenvalue weighted by Crippen LogP contribution is -2.49. The summed E-state index contributed by atoms with van der Waals surface area (Å²) in [7, 11) is 1.93. The molecule has 4 heteroatoms. The van der Waals surface area contributed by atoms with Crippen LogP contribution in [-0.4, -0.2) is 38.2 Å².